The molecule has 0 unspecified atom stereocenters. The van der Waals surface area contributed by atoms with Gasteiger partial charge in [0.05, 0.1) is 6.33 Å². The Bertz CT molecular complexity index is 754. The van der Waals surface area contributed by atoms with Crippen LogP contribution in [0.25, 0.3) is 11.2 Å². The van der Waals surface area contributed by atoms with E-state index in [0.717, 1.165) is 17.6 Å². The second kappa shape index (κ2) is 5.74. The number of hydrogen-bond donors (Lipinski definition) is 3. The fraction of sp³-hybridized carbons (Fsp3) is 0.214. The van der Waals surface area contributed by atoms with E-state index < -0.39 is 0 Å². The van der Waals surface area contributed by atoms with Crippen molar-refractivity contribution in [1.82, 2.24) is 19.9 Å². The Morgan fingerprint density at radius 1 is 1.24 bits per heavy atom. The summed E-state index contributed by atoms with van der Waals surface area (Å²) in [6, 6.07) is 6.45. The van der Waals surface area contributed by atoms with Gasteiger partial charge in [-0.05, 0) is 24.6 Å². The number of fused-ring (bicyclic) bond motifs is 1. The van der Waals surface area contributed by atoms with Crippen LogP contribution >= 0.6 is 0 Å². The van der Waals surface area contributed by atoms with Crippen LogP contribution in [0.3, 0.4) is 0 Å². The van der Waals surface area contributed by atoms with Crippen molar-refractivity contribution in [2.24, 2.45) is 0 Å². The first-order valence-electron chi connectivity index (χ1n) is 6.69. The Labute approximate surface area is 120 Å². The standard InChI is InChI=1S/C14H15FN6/c1-2-16-14-20-12(11-13(21-14)19-8-18-11)17-7-9-4-3-5-10(15)6-9/h3-6,8H,2,7H2,1H3,(H3,16,17,18,19,20,21). The molecule has 0 saturated carbocycles. The summed E-state index contributed by atoms with van der Waals surface area (Å²) in [7, 11) is 0. The van der Waals surface area contributed by atoms with E-state index in [2.05, 4.69) is 30.6 Å². The third kappa shape index (κ3) is 2.91. The molecule has 7 heteroatoms. The second-order valence-corrected chi connectivity index (χ2v) is 4.51. The van der Waals surface area contributed by atoms with Gasteiger partial charge in [-0.2, -0.15) is 9.97 Å². The highest BCUT2D eigenvalue weighted by Gasteiger charge is 2.09. The van der Waals surface area contributed by atoms with Gasteiger partial charge in [-0.3, -0.25) is 0 Å². The van der Waals surface area contributed by atoms with Gasteiger partial charge in [0.25, 0.3) is 0 Å². The highest BCUT2D eigenvalue weighted by Crippen LogP contribution is 2.19. The maximum atomic E-state index is 13.2. The molecule has 0 aliphatic carbocycles. The highest BCUT2D eigenvalue weighted by atomic mass is 19.1. The maximum absolute atomic E-state index is 13.2. The smallest absolute Gasteiger partial charge is 0.226 e. The normalized spacial score (nSPS) is 10.8. The molecule has 0 spiro atoms. The summed E-state index contributed by atoms with van der Waals surface area (Å²) in [5.74, 6) is 0.897. The molecule has 1 aromatic carbocycles. The van der Waals surface area contributed by atoms with E-state index in [4.69, 9.17) is 0 Å². The van der Waals surface area contributed by atoms with Crippen molar-refractivity contribution in [2.45, 2.75) is 13.5 Å². The van der Waals surface area contributed by atoms with Crippen LogP contribution in [0.4, 0.5) is 16.2 Å². The number of nitrogens with one attached hydrogen (secondary N) is 3. The minimum Gasteiger partial charge on any atom is -0.364 e. The Kier molecular flexibility index (Phi) is 3.63. The first-order valence-corrected chi connectivity index (χ1v) is 6.69. The number of aromatic amines is 1. The molecule has 0 bridgehead atoms. The van der Waals surface area contributed by atoms with Crippen LogP contribution in [-0.4, -0.2) is 26.5 Å². The van der Waals surface area contributed by atoms with E-state index in [1.807, 2.05) is 13.0 Å². The molecule has 3 rings (SSSR count). The molecule has 0 fully saturated rings. The van der Waals surface area contributed by atoms with Crippen molar-refractivity contribution < 1.29 is 4.39 Å². The van der Waals surface area contributed by atoms with Gasteiger partial charge in [-0.15, -0.1) is 0 Å². The third-order valence-corrected chi connectivity index (χ3v) is 2.97. The molecule has 3 N–H and O–H groups in total. The lowest BCUT2D eigenvalue weighted by Crippen LogP contribution is -2.07. The van der Waals surface area contributed by atoms with Crippen molar-refractivity contribution in [1.29, 1.82) is 0 Å². The van der Waals surface area contributed by atoms with Gasteiger partial charge in [-0.1, -0.05) is 12.1 Å². The van der Waals surface area contributed by atoms with Gasteiger partial charge in [0, 0.05) is 13.1 Å². The number of nitrogens with zero attached hydrogens (tertiary/aromatic N) is 3. The van der Waals surface area contributed by atoms with Gasteiger partial charge in [-0.25, -0.2) is 9.37 Å². The minimum absolute atomic E-state index is 0.253. The van der Waals surface area contributed by atoms with Crippen molar-refractivity contribution >= 4 is 22.9 Å². The SMILES string of the molecule is CCNc1nc(NCc2cccc(F)c2)c2[nH]cnc2n1. The van der Waals surface area contributed by atoms with Crippen molar-refractivity contribution in [3.05, 3.63) is 42.0 Å². The van der Waals surface area contributed by atoms with Crippen LogP contribution in [0, 0.1) is 5.82 Å². The molecule has 6 nitrogen and oxygen atoms in total. The number of aromatic nitrogens is 4. The molecule has 21 heavy (non-hydrogen) atoms. The Morgan fingerprint density at radius 3 is 2.95 bits per heavy atom. The molecular weight excluding hydrogens is 271 g/mol. The van der Waals surface area contributed by atoms with E-state index in [1.165, 1.54) is 12.1 Å². The summed E-state index contributed by atoms with van der Waals surface area (Å²) < 4.78 is 13.2. The van der Waals surface area contributed by atoms with E-state index in [1.54, 1.807) is 12.4 Å². The van der Waals surface area contributed by atoms with Crippen LogP contribution in [-0.2, 0) is 6.54 Å². The summed E-state index contributed by atoms with van der Waals surface area (Å²) in [5.41, 5.74) is 2.15. The van der Waals surface area contributed by atoms with Gasteiger partial charge < -0.3 is 15.6 Å². The maximum Gasteiger partial charge on any atom is 0.226 e. The van der Waals surface area contributed by atoms with Gasteiger partial charge in [0.1, 0.15) is 11.3 Å². The topological polar surface area (TPSA) is 78.5 Å². The summed E-state index contributed by atoms with van der Waals surface area (Å²) in [6.45, 7) is 3.16. The quantitative estimate of drug-likeness (QED) is 0.671. The number of rotatable bonds is 5. The summed E-state index contributed by atoms with van der Waals surface area (Å²) in [4.78, 5) is 15.8. The van der Waals surface area contributed by atoms with Crippen molar-refractivity contribution in [2.75, 3.05) is 17.2 Å². The van der Waals surface area contributed by atoms with Gasteiger partial charge in [0.15, 0.2) is 11.5 Å². The molecule has 0 radical (unpaired) electrons. The average Bonchev–Trinajstić information content (AvgIpc) is 2.93. The van der Waals surface area contributed by atoms with E-state index in [9.17, 15) is 4.39 Å². The fourth-order valence-corrected chi connectivity index (χ4v) is 2.03. The Hall–Kier alpha value is -2.70. The lowest BCUT2D eigenvalue weighted by molar-refractivity contribution is 0.626. The van der Waals surface area contributed by atoms with Crippen LogP contribution in [0.15, 0.2) is 30.6 Å². The average molecular weight is 286 g/mol. The minimum atomic E-state index is -0.253. The Balaban J connectivity index is 1.86. The monoisotopic (exact) mass is 286 g/mol. The zero-order chi connectivity index (χ0) is 14.7. The van der Waals surface area contributed by atoms with Crippen LogP contribution in [0.5, 0.6) is 0 Å². The third-order valence-electron chi connectivity index (χ3n) is 2.97. The van der Waals surface area contributed by atoms with E-state index in [-0.39, 0.29) is 5.82 Å². The zero-order valence-electron chi connectivity index (χ0n) is 11.5. The summed E-state index contributed by atoms with van der Waals surface area (Å²) in [5, 5.41) is 6.25. The molecule has 0 atom stereocenters. The molecule has 2 heterocycles. The number of halogens is 1. The van der Waals surface area contributed by atoms with Crippen molar-refractivity contribution in [3.63, 3.8) is 0 Å². The molecule has 0 amide bonds. The molecule has 2 aromatic heterocycles. The van der Waals surface area contributed by atoms with Crippen LogP contribution < -0.4 is 10.6 Å². The van der Waals surface area contributed by atoms with E-state index >= 15 is 0 Å². The zero-order valence-corrected chi connectivity index (χ0v) is 11.5. The van der Waals surface area contributed by atoms with Gasteiger partial charge in [0.2, 0.25) is 5.95 Å². The lowest BCUT2D eigenvalue weighted by atomic mass is 10.2. The lowest BCUT2D eigenvalue weighted by Gasteiger charge is -2.09. The number of hydrogen-bond acceptors (Lipinski definition) is 5. The number of imidazole rings is 1. The largest absolute Gasteiger partial charge is 0.364 e. The van der Waals surface area contributed by atoms with Crippen LogP contribution in [0.1, 0.15) is 12.5 Å². The molecule has 3 aromatic rings. The fourth-order valence-electron chi connectivity index (χ4n) is 2.03. The highest BCUT2D eigenvalue weighted by molar-refractivity contribution is 5.83. The second-order valence-electron chi connectivity index (χ2n) is 4.51. The summed E-state index contributed by atoms with van der Waals surface area (Å²) in [6.07, 6.45) is 1.57. The van der Waals surface area contributed by atoms with E-state index in [0.29, 0.717) is 24.0 Å². The predicted molar refractivity (Wildman–Crippen MR) is 79.6 cm³/mol. The molecule has 0 aliphatic heterocycles. The predicted octanol–water partition coefficient (Wildman–Crippen LogP) is 2.54. The van der Waals surface area contributed by atoms with Gasteiger partial charge >= 0.3 is 0 Å². The number of benzene rings is 1. The Morgan fingerprint density at radius 2 is 2.14 bits per heavy atom. The van der Waals surface area contributed by atoms with Crippen molar-refractivity contribution in [3.8, 4) is 0 Å². The first kappa shape index (κ1) is 13.3. The molecule has 108 valence electrons. The first-order chi connectivity index (χ1) is 10.3. The number of H-pyrrole nitrogens is 1. The molecular formula is C14H15FN6. The number of anilines is 2. The van der Waals surface area contributed by atoms with Crippen LogP contribution in [0.2, 0.25) is 0 Å². The molecule has 0 saturated heterocycles. The summed E-state index contributed by atoms with van der Waals surface area (Å²) >= 11 is 0. The molecule has 0 aliphatic rings.